The van der Waals surface area contributed by atoms with Gasteiger partial charge in [0, 0.05) is 0 Å². The molecule has 0 fully saturated rings. The van der Waals surface area contributed by atoms with Crippen molar-refractivity contribution in [3.8, 4) is 0 Å². The second-order valence-corrected chi connectivity index (χ2v) is 3.44. The Morgan fingerprint density at radius 1 is 1.25 bits per heavy atom. The standard InChI is InChI=1S/C5H11NOSe.CH3NOSe/c1-3-6(4-2)5(7)8;2-1(3)4/h3-4H2,1-2H3,(H,7,8);(H3,2,3,4). The van der Waals surface area contributed by atoms with Crippen molar-refractivity contribution in [1.29, 1.82) is 0 Å². The molecule has 0 amide bonds. The Balaban J connectivity index is 0. The summed E-state index contributed by atoms with van der Waals surface area (Å²) in [5.41, 5.74) is 4.53. The summed E-state index contributed by atoms with van der Waals surface area (Å²) in [5, 5.41) is 16.5. The molecule has 0 saturated carbocycles. The van der Waals surface area contributed by atoms with E-state index in [4.69, 9.17) is 10.2 Å². The van der Waals surface area contributed by atoms with Gasteiger partial charge < -0.3 is 0 Å². The zero-order chi connectivity index (χ0) is 10.1. The Morgan fingerprint density at radius 3 is 1.50 bits per heavy atom. The van der Waals surface area contributed by atoms with Crippen molar-refractivity contribution in [3.63, 3.8) is 0 Å². The number of rotatable bonds is 3. The minimum absolute atomic E-state index is 0.208. The Labute approximate surface area is 88.5 Å². The average molecular weight is 304 g/mol. The molecule has 0 aromatic carbocycles. The topological polar surface area (TPSA) is 69.7 Å². The molecule has 0 unspecified atom stereocenters. The van der Waals surface area contributed by atoms with Crippen molar-refractivity contribution < 1.29 is 10.2 Å². The predicted octanol–water partition coefficient (Wildman–Crippen LogP) is -1.47. The number of aliphatic hydroxyl groups excluding tert-OH is 2. The van der Waals surface area contributed by atoms with Gasteiger partial charge >= 0.3 is 88.4 Å². The number of nitrogens with zero attached hydrogens (tertiary/aromatic N) is 1. The second-order valence-electron chi connectivity index (χ2n) is 1.79. The number of aliphatic hydroxyl groups is 2. The summed E-state index contributed by atoms with van der Waals surface area (Å²) in [6.07, 6.45) is 0. The van der Waals surface area contributed by atoms with Gasteiger partial charge in [0.15, 0.2) is 0 Å². The first-order chi connectivity index (χ1) is 5.45. The molecule has 0 heterocycles. The molecule has 0 saturated heterocycles. The first-order valence-electron chi connectivity index (χ1n) is 3.41. The molecule has 72 valence electrons. The molecule has 0 spiro atoms. The van der Waals surface area contributed by atoms with Gasteiger partial charge in [-0.1, -0.05) is 0 Å². The monoisotopic (exact) mass is 306 g/mol. The fourth-order valence-electron chi connectivity index (χ4n) is 0.494. The van der Waals surface area contributed by atoms with E-state index in [0.717, 1.165) is 13.1 Å². The van der Waals surface area contributed by atoms with Crippen molar-refractivity contribution >= 4 is 40.6 Å². The van der Waals surface area contributed by atoms with Crippen molar-refractivity contribution in [2.24, 2.45) is 5.73 Å². The first kappa shape index (κ1) is 14.5. The molecule has 0 aliphatic heterocycles. The van der Waals surface area contributed by atoms with Crippen LogP contribution < -0.4 is 5.73 Å². The molecular formula is C6H14N2O2Se2. The van der Waals surface area contributed by atoms with Crippen LogP contribution in [-0.4, -0.2) is 68.8 Å². The second kappa shape index (κ2) is 9.07. The van der Waals surface area contributed by atoms with Gasteiger partial charge in [-0.25, -0.2) is 0 Å². The van der Waals surface area contributed by atoms with E-state index in [0.29, 0.717) is 0 Å². The molecule has 0 rings (SSSR count). The van der Waals surface area contributed by atoms with Crippen LogP contribution in [0.2, 0.25) is 0 Å². The zero-order valence-corrected chi connectivity index (χ0v) is 10.6. The van der Waals surface area contributed by atoms with Crippen LogP contribution in [0.5, 0.6) is 0 Å². The molecule has 0 bridgehead atoms. The Morgan fingerprint density at radius 2 is 1.50 bits per heavy atom. The maximum absolute atomic E-state index is 8.80. The van der Waals surface area contributed by atoms with Crippen LogP contribution in [0.25, 0.3) is 0 Å². The SMILES string of the molecule is CCN(CC)C(O)=[Se].NC(O)=[Se]. The molecule has 0 aliphatic carbocycles. The summed E-state index contributed by atoms with van der Waals surface area (Å²) in [6.45, 7) is 5.71. The Bertz CT molecular complexity index is 144. The molecule has 4 N–H and O–H groups in total. The molecule has 4 nitrogen and oxygen atoms in total. The van der Waals surface area contributed by atoms with E-state index in [2.05, 4.69) is 36.9 Å². The van der Waals surface area contributed by atoms with Gasteiger partial charge in [0.2, 0.25) is 0 Å². The van der Waals surface area contributed by atoms with Crippen LogP contribution in [0, 0.1) is 0 Å². The molecule has 12 heavy (non-hydrogen) atoms. The Kier molecular flexibility index (Phi) is 11.0. The minimum atomic E-state index is -0.208. The first-order valence-corrected chi connectivity index (χ1v) is 5.13. The fraction of sp³-hybridized carbons (Fsp3) is 0.667. The third-order valence-corrected chi connectivity index (χ3v) is 1.58. The predicted molar refractivity (Wildman–Crippen MR) is 52.5 cm³/mol. The molecule has 0 aromatic heterocycles. The van der Waals surface area contributed by atoms with Gasteiger partial charge in [0.1, 0.15) is 0 Å². The van der Waals surface area contributed by atoms with Crippen LogP contribution in [0.3, 0.4) is 0 Å². The van der Waals surface area contributed by atoms with Crippen molar-refractivity contribution in [2.75, 3.05) is 13.1 Å². The summed E-state index contributed by atoms with van der Waals surface area (Å²) in [6, 6.07) is 0. The van der Waals surface area contributed by atoms with E-state index in [-0.39, 0.29) is 9.45 Å². The fourth-order valence-corrected chi connectivity index (χ4v) is 1.04. The molecule has 0 aromatic rings. The molecule has 6 heteroatoms. The number of nitrogens with two attached hydrogens (primary N) is 1. The molecule has 0 atom stereocenters. The van der Waals surface area contributed by atoms with E-state index in [9.17, 15) is 0 Å². The van der Waals surface area contributed by atoms with Gasteiger partial charge in [0.25, 0.3) is 0 Å². The Hall–Kier alpha value is -0.0210. The van der Waals surface area contributed by atoms with Crippen molar-refractivity contribution in [1.82, 2.24) is 4.90 Å². The van der Waals surface area contributed by atoms with Gasteiger partial charge in [-0.05, 0) is 0 Å². The van der Waals surface area contributed by atoms with Gasteiger partial charge in [-0.3, -0.25) is 0 Å². The molecule has 0 aliphatic rings. The van der Waals surface area contributed by atoms with E-state index in [1.165, 1.54) is 0 Å². The van der Waals surface area contributed by atoms with E-state index in [1.54, 1.807) is 0 Å². The van der Waals surface area contributed by atoms with Crippen LogP contribution >= 0.6 is 0 Å². The zero-order valence-electron chi connectivity index (χ0n) is 7.15. The maximum atomic E-state index is 8.80. The number of hydrogen-bond donors (Lipinski definition) is 3. The average Bonchev–Trinajstić information content (AvgIpc) is 1.87. The molecular weight excluding hydrogens is 290 g/mol. The van der Waals surface area contributed by atoms with Crippen LogP contribution in [0.4, 0.5) is 0 Å². The van der Waals surface area contributed by atoms with Crippen LogP contribution in [-0.2, 0) is 0 Å². The van der Waals surface area contributed by atoms with Gasteiger partial charge in [-0.2, -0.15) is 0 Å². The summed E-state index contributed by atoms with van der Waals surface area (Å²) >= 11 is 4.69. The normalized spacial score (nSPS) is 7.83. The van der Waals surface area contributed by atoms with Crippen molar-refractivity contribution in [2.45, 2.75) is 13.8 Å². The summed E-state index contributed by atoms with van der Waals surface area (Å²) in [7, 11) is 0. The van der Waals surface area contributed by atoms with E-state index in [1.807, 2.05) is 18.7 Å². The van der Waals surface area contributed by atoms with E-state index < -0.39 is 0 Å². The summed E-state index contributed by atoms with van der Waals surface area (Å²) < 4.78 is 0.0787. The third-order valence-electron chi connectivity index (χ3n) is 1.03. The summed E-state index contributed by atoms with van der Waals surface area (Å²) in [4.78, 5) is 1.83. The quantitative estimate of drug-likeness (QED) is 0.557. The van der Waals surface area contributed by atoms with Gasteiger partial charge in [0.05, 0.1) is 0 Å². The number of hydrogen-bond acceptors (Lipinski definition) is 4. The van der Waals surface area contributed by atoms with Crippen molar-refractivity contribution in [3.05, 3.63) is 0 Å². The van der Waals surface area contributed by atoms with E-state index >= 15 is 0 Å². The molecule has 0 radical (unpaired) electrons. The van der Waals surface area contributed by atoms with Gasteiger partial charge in [-0.15, -0.1) is 0 Å². The third kappa shape index (κ3) is 12.6. The van der Waals surface area contributed by atoms with Crippen LogP contribution in [0.1, 0.15) is 13.8 Å². The van der Waals surface area contributed by atoms with Crippen LogP contribution in [0.15, 0.2) is 0 Å². The summed E-state index contributed by atoms with van der Waals surface area (Å²) in [5.74, 6) is 0.